The molecule has 0 bridgehead atoms. The molecule has 1 rings (SSSR count). The van der Waals surface area contributed by atoms with Crippen LogP contribution in [0.5, 0.6) is 0 Å². The van der Waals surface area contributed by atoms with Gasteiger partial charge in [-0.2, -0.15) is 8.42 Å². The Balaban J connectivity index is 0.000000841. The van der Waals surface area contributed by atoms with Crippen molar-refractivity contribution in [1.29, 1.82) is 0 Å². The molecule has 0 spiro atoms. The first kappa shape index (κ1) is 22.2. The lowest BCUT2D eigenvalue weighted by Gasteiger charge is -2.17. The van der Waals surface area contributed by atoms with Crippen LogP contribution in [0.25, 0.3) is 0 Å². The molecule has 1 aliphatic heterocycles. The van der Waals surface area contributed by atoms with Crippen LogP contribution in [0.4, 0.5) is 0 Å². The summed E-state index contributed by atoms with van der Waals surface area (Å²) in [7, 11) is -1.53. The predicted octanol–water partition coefficient (Wildman–Crippen LogP) is 4.09. The molecular formula is C17H36N2O3S. The highest BCUT2D eigenvalue weighted by molar-refractivity contribution is 7.85. The second-order valence-corrected chi connectivity index (χ2v) is 7.89. The highest BCUT2D eigenvalue weighted by Crippen LogP contribution is 2.11. The summed E-state index contributed by atoms with van der Waals surface area (Å²) in [6, 6.07) is 0. The average Bonchev–Trinajstić information content (AvgIpc) is 2.85. The zero-order chi connectivity index (χ0) is 17.6. The van der Waals surface area contributed by atoms with E-state index >= 15 is 0 Å². The Morgan fingerprint density at radius 3 is 1.74 bits per heavy atom. The Morgan fingerprint density at radius 1 is 0.913 bits per heavy atom. The minimum absolute atomic E-state index is 0.715. The van der Waals surface area contributed by atoms with Crippen LogP contribution in [0.1, 0.15) is 71.1 Å². The first-order valence-corrected chi connectivity index (χ1v) is 10.7. The summed E-state index contributed by atoms with van der Waals surface area (Å²) in [6.07, 6.45) is 19.3. The van der Waals surface area contributed by atoms with Crippen molar-refractivity contribution in [3.8, 4) is 0 Å². The molecule has 0 amide bonds. The Morgan fingerprint density at radius 2 is 1.35 bits per heavy atom. The van der Waals surface area contributed by atoms with Gasteiger partial charge in [0.2, 0.25) is 0 Å². The molecule has 0 aliphatic carbocycles. The third-order valence-corrected chi connectivity index (χ3v) is 3.74. The molecule has 0 aromatic rings. The van der Waals surface area contributed by atoms with E-state index in [2.05, 4.69) is 36.2 Å². The van der Waals surface area contributed by atoms with E-state index in [-0.39, 0.29) is 0 Å². The predicted molar refractivity (Wildman–Crippen MR) is 97.8 cm³/mol. The first-order chi connectivity index (χ1) is 10.8. The Hall–Kier alpha value is -0.750. The minimum atomic E-state index is -3.67. The molecule has 0 fully saturated rings. The highest BCUT2D eigenvalue weighted by Gasteiger charge is 2.06. The van der Waals surface area contributed by atoms with Crippen LogP contribution in [0.15, 0.2) is 12.4 Å². The van der Waals surface area contributed by atoms with Gasteiger partial charge in [0.25, 0.3) is 10.1 Å². The number of rotatable bonds is 11. The molecule has 0 aromatic carbocycles. The van der Waals surface area contributed by atoms with Crippen molar-refractivity contribution < 1.29 is 13.0 Å². The maximum absolute atomic E-state index is 9.19. The van der Waals surface area contributed by atoms with E-state index in [0.717, 1.165) is 6.67 Å². The van der Waals surface area contributed by atoms with Gasteiger partial charge >= 0.3 is 0 Å². The van der Waals surface area contributed by atoms with Gasteiger partial charge in [-0.3, -0.25) is 4.55 Å². The quantitative estimate of drug-likeness (QED) is 0.450. The van der Waals surface area contributed by atoms with Gasteiger partial charge in [0.05, 0.1) is 12.9 Å². The SMILES string of the molecule is CCCCCCCCCCCCN1C=CN(C)C1.CS(=O)(=O)O. The Bertz CT molecular complexity index is 389. The van der Waals surface area contributed by atoms with Crippen LogP contribution >= 0.6 is 0 Å². The zero-order valence-corrected chi connectivity index (χ0v) is 16.0. The summed E-state index contributed by atoms with van der Waals surface area (Å²) in [5.41, 5.74) is 0. The van der Waals surface area contributed by atoms with Crippen molar-refractivity contribution in [2.45, 2.75) is 71.1 Å². The molecule has 0 radical (unpaired) electrons. The van der Waals surface area contributed by atoms with E-state index in [0.29, 0.717) is 6.26 Å². The van der Waals surface area contributed by atoms with Crippen LogP contribution in [-0.2, 0) is 10.1 Å². The molecule has 138 valence electrons. The third-order valence-electron chi connectivity index (χ3n) is 3.74. The van der Waals surface area contributed by atoms with Gasteiger partial charge < -0.3 is 9.80 Å². The van der Waals surface area contributed by atoms with Gasteiger partial charge in [-0.1, -0.05) is 64.7 Å². The second kappa shape index (κ2) is 13.7. The molecule has 1 aliphatic rings. The second-order valence-electron chi connectivity index (χ2n) is 6.42. The van der Waals surface area contributed by atoms with Gasteiger partial charge in [0, 0.05) is 26.0 Å². The zero-order valence-electron chi connectivity index (χ0n) is 15.2. The van der Waals surface area contributed by atoms with Gasteiger partial charge in [-0.15, -0.1) is 0 Å². The largest absolute Gasteiger partial charge is 0.362 e. The first-order valence-electron chi connectivity index (χ1n) is 8.88. The summed E-state index contributed by atoms with van der Waals surface area (Å²) < 4.78 is 25.9. The molecule has 6 heteroatoms. The molecule has 0 saturated carbocycles. The Kier molecular flexibility index (Phi) is 13.2. The lowest BCUT2D eigenvalue weighted by molar-refractivity contribution is 0.290. The standard InChI is InChI=1S/C16H32N2.CH4O3S/c1-3-4-5-6-7-8-9-10-11-12-13-18-15-14-17(2)16-18;1-5(2,3)4/h14-15H,3-13,16H2,1-2H3;1H3,(H,2,3,4). The third kappa shape index (κ3) is 19.2. The van der Waals surface area contributed by atoms with Crippen molar-refractivity contribution in [3.63, 3.8) is 0 Å². The fourth-order valence-corrected chi connectivity index (χ4v) is 2.54. The van der Waals surface area contributed by atoms with E-state index in [1.54, 1.807) is 0 Å². The van der Waals surface area contributed by atoms with Crippen molar-refractivity contribution in [3.05, 3.63) is 12.4 Å². The summed E-state index contributed by atoms with van der Waals surface area (Å²) >= 11 is 0. The molecule has 0 unspecified atom stereocenters. The minimum Gasteiger partial charge on any atom is -0.362 e. The van der Waals surface area contributed by atoms with E-state index in [4.69, 9.17) is 4.55 Å². The van der Waals surface area contributed by atoms with Crippen LogP contribution in [0.2, 0.25) is 0 Å². The van der Waals surface area contributed by atoms with Crippen LogP contribution in [-0.4, -0.2) is 49.3 Å². The topological polar surface area (TPSA) is 60.9 Å². The van der Waals surface area contributed by atoms with E-state index in [9.17, 15) is 8.42 Å². The molecule has 5 nitrogen and oxygen atoms in total. The van der Waals surface area contributed by atoms with Gasteiger partial charge in [-0.05, 0) is 6.42 Å². The average molecular weight is 349 g/mol. The van der Waals surface area contributed by atoms with Crippen molar-refractivity contribution in [2.75, 3.05) is 26.5 Å². The van der Waals surface area contributed by atoms with Gasteiger partial charge in [0.1, 0.15) is 0 Å². The van der Waals surface area contributed by atoms with Crippen molar-refractivity contribution >= 4 is 10.1 Å². The lowest BCUT2D eigenvalue weighted by Crippen LogP contribution is -2.23. The molecular weight excluding hydrogens is 312 g/mol. The van der Waals surface area contributed by atoms with Gasteiger partial charge in [0.15, 0.2) is 0 Å². The summed E-state index contributed by atoms with van der Waals surface area (Å²) in [5.74, 6) is 0. The van der Waals surface area contributed by atoms with Gasteiger partial charge in [-0.25, -0.2) is 0 Å². The molecule has 0 atom stereocenters. The summed E-state index contributed by atoms with van der Waals surface area (Å²) in [5, 5.41) is 0. The van der Waals surface area contributed by atoms with Crippen LogP contribution in [0, 0.1) is 0 Å². The highest BCUT2D eigenvalue weighted by atomic mass is 32.2. The van der Waals surface area contributed by atoms with E-state index in [1.807, 2.05) is 0 Å². The number of hydrogen-bond acceptors (Lipinski definition) is 4. The summed E-state index contributed by atoms with van der Waals surface area (Å²) in [6.45, 7) is 4.60. The smallest absolute Gasteiger partial charge is 0.261 e. The van der Waals surface area contributed by atoms with Crippen molar-refractivity contribution in [2.24, 2.45) is 0 Å². The molecule has 0 saturated heterocycles. The van der Waals surface area contributed by atoms with Crippen molar-refractivity contribution in [1.82, 2.24) is 9.80 Å². The van der Waals surface area contributed by atoms with Crippen LogP contribution in [0.3, 0.4) is 0 Å². The fraction of sp³-hybridized carbons (Fsp3) is 0.882. The number of nitrogens with zero attached hydrogens (tertiary/aromatic N) is 2. The van der Waals surface area contributed by atoms with Crippen LogP contribution < -0.4 is 0 Å². The van der Waals surface area contributed by atoms with E-state index < -0.39 is 10.1 Å². The monoisotopic (exact) mass is 348 g/mol. The Labute approximate surface area is 143 Å². The van der Waals surface area contributed by atoms with E-state index in [1.165, 1.54) is 70.8 Å². The maximum atomic E-state index is 9.19. The number of hydrogen-bond donors (Lipinski definition) is 1. The molecule has 1 heterocycles. The normalized spacial score (nSPS) is 14.1. The molecule has 23 heavy (non-hydrogen) atoms. The maximum Gasteiger partial charge on any atom is 0.261 e. The summed E-state index contributed by atoms with van der Waals surface area (Å²) in [4.78, 5) is 4.64. The molecule has 1 N–H and O–H groups in total. The fourth-order valence-electron chi connectivity index (χ4n) is 2.54. The molecule has 0 aromatic heterocycles. The lowest BCUT2D eigenvalue weighted by atomic mass is 10.1. The number of unbranched alkanes of at least 4 members (excludes halogenated alkanes) is 9.